The van der Waals surface area contributed by atoms with E-state index in [0.717, 1.165) is 24.8 Å². The van der Waals surface area contributed by atoms with Crippen LogP contribution in [0.15, 0.2) is 48.7 Å². The number of fused-ring (bicyclic) bond motifs is 1. The number of aryl methyl sites for hydroxylation is 1. The first kappa shape index (κ1) is 17.0. The number of ether oxygens (including phenoxy) is 1. The minimum atomic E-state index is -0.984. The minimum Gasteiger partial charge on any atom is -0.618 e. The second-order valence-corrected chi connectivity index (χ2v) is 6.11. The van der Waals surface area contributed by atoms with Crippen molar-refractivity contribution in [3.8, 4) is 0 Å². The lowest BCUT2D eigenvalue weighted by atomic mass is 9.87. The number of rotatable bonds is 4. The molecule has 2 aromatic rings. The van der Waals surface area contributed by atoms with Gasteiger partial charge in [-0.3, -0.25) is 4.79 Å². The number of amides is 1. The summed E-state index contributed by atoms with van der Waals surface area (Å²) >= 11 is 0. The summed E-state index contributed by atoms with van der Waals surface area (Å²) in [6.45, 7) is 1.50. The highest BCUT2D eigenvalue weighted by Crippen LogP contribution is 2.29. The predicted molar refractivity (Wildman–Crippen MR) is 90.5 cm³/mol. The van der Waals surface area contributed by atoms with Gasteiger partial charge < -0.3 is 15.3 Å². The van der Waals surface area contributed by atoms with E-state index in [9.17, 15) is 14.8 Å². The van der Waals surface area contributed by atoms with Crippen LogP contribution in [-0.4, -0.2) is 18.0 Å². The number of hydrogen-bond acceptors (Lipinski definition) is 4. The van der Waals surface area contributed by atoms with Gasteiger partial charge in [0.25, 0.3) is 5.91 Å². The molecule has 0 unspecified atom stereocenters. The molecule has 25 heavy (non-hydrogen) atoms. The lowest BCUT2D eigenvalue weighted by Crippen LogP contribution is -2.41. The average molecular weight is 340 g/mol. The smallest absolute Gasteiger partial charge is 0.405 e. The van der Waals surface area contributed by atoms with Crippen LogP contribution in [0.4, 0.5) is 0 Å². The molecule has 1 aliphatic carbocycles. The molecule has 1 N–H and O–H groups in total. The van der Waals surface area contributed by atoms with Crippen LogP contribution in [0.5, 0.6) is 0 Å². The van der Waals surface area contributed by atoms with E-state index >= 15 is 0 Å². The maximum Gasteiger partial charge on any atom is 0.405 e. The molecule has 0 aliphatic heterocycles. The first-order valence-corrected chi connectivity index (χ1v) is 8.33. The molecule has 1 aromatic carbocycles. The molecule has 0 spiro atoms. The maximum atomic E-state index is 12.4. The van der Waals surface area contributed by atoms with Crippen LogP contribution in [0.25, 0.3) is 0 Å². The molecule has 1 amide bonds. The molecular weight excluding hydrogens is 320 g/mol. The van der Waals surface area contributed by atoms with Crippen molar-refractivity contribution in [2.24, 2.45) is 0 Å². The standard InChI is InChI=1S/C19H20N2O4/c1-13(25-19(23)17-11-4-5-12-21(17)24)18(22)20-16-10-6-8-14-7-2-3-9-15(14)16/h2-5,7,9,11-13,16H,6,8,10H2,1H3,(H,20,22)/t13-,16-/m1/s1. The summed E-state index contributed by atoms with van der Waals surface area (Å²) in [5.41, 5.74) is 2.20. The Morgan fingerprint density at radius 3 is 2.80 bits per heavy atom. The second-order valence-electron chi connectivity index (χ2n) is 6.11. The third-order valence-corrected chi connectivity index (χ3v) is 4.37. The van der Waals surface area contributed by atoms with Crippen molar-refractivity contribution in [3.63, 3.8) is 0 Å². The fourth-order valence-electron chi connectivity index (χ4n) is 3.05. The number of esters is 1. The summed E-state index contributed by atoms with van der Waals surface area (Å²) in [5, 5.41) is 14.5. The lowest BCUT2D eigenvalue weighted by molar-refractivity contribution is -0.608. The van der Waals surface area contributed by atoms with Gasteiger partial charge in [-0.25, -0.2) is 4.79 Å². The molecule has 6 heteroatoms. The normalized spacial score (nSPS) is 17.2. The van der Waals surface area contributed by atoms with E-state index in [1.165, 1.54) is 30.8 Å². The molecule has 1 aliphatic rings. The fraction of sp³-hybridized carbons (Fsp3) is 0.316. The molecule has 3 rings (SSSR count). The van der Waals surface area contributed by atoms with Crippen LogP contribution in [0, 0.1) is 5.21 Å². The number of hydrogen-bond donors (Lipinski definition) is 1. The molecule has 1 aromatic heterocycles. The van der Waals surface area contributed by atoms with Crippen LogP contribution in [0.3, 0.4) is 0 Å². The quantitative estimate of drug-likeness (QED) is 0.525. The number of aromatic nitrogens is 1. The summed E-state index contributed by atoms with van der Waals surface area (Å²) in [7, 11) is 0. The Balaban J connectivity index is 1.64. The van der Waals surface area contributed by atoms with Gasteiger partial charge in [0.1, 0.15) is 0 Å². The number of nitrogens with zero attached hydrogens (tertiary/aromatic N) is 1. The van der Waals surface area contributed by atoms with Crippen molar-refractivity contribution in [1.29, 1.82) is 0 Å². The molecule has 6 nitrogen and oxygen atoms in total. The summed E-state index contributed by atoms with van der Waals surface area (Å²) in [4.78, 5) is 24.4. The molecule has 0 saturated carbocycles. The van der Waals surface area contributed by atoms with Crippen molar-refractivity contribution in [2.45, 2.75) is 38.3 Å². The molecule has 0 bridgehead atoms. The first-order chi connectivity index (χ1) is 12.1. The fourth-order valence-corrected chi connectivity index (χ4v) is 3.05. The Kier molecular flexibility index (Phi) is 4.97. The van der Waals surface area contributed by atoms with Crippen LogP contribution in [-0.2, 0) is 16.0 Å². The SMILES string of the molecule is C[C@@H](OC(=O)c1cccc[n+]1[O-])C(=O)N[C@@H]1CCCc2ccccc21. The lowest BCUT2D eigenvalue weighted by Gasteiger charge is -2.27. The monoisotopic (exact) mass is 340 g/mol. The van der Waals surface area contributed by atoms with Gasteiger partial charge in [0, 0.05) is 12.1 Å². The summed E-state index contributed by atoms with van der Waals surface area (Å²) < 4.78 is 5.56. The van der Waals surface area contributed by atoms with Gasteiger partial charge in [0.2, 0.25) is 0 Å². The summed E-state index contributed by atoms with van der Waals surface area (Å²) in [5.74, 6) is -1.19. The third kappa shape index (κ3) is 3.79. The number of carbonyl (C=O) groups is 2. The Labute approximate surface area is 146 Å². The van der Waals surface area contributed by atoms with Gasteiger partial charge in [-0.2, -0.15) is 4.73 Å². The zero-order valence-corrected chi connectivity index (χ0v) is 14.0. The van der Waals surface area contributed by atoms with Gasteiger partial charge in [0.15, 0.2) is 12.3 Å². The Bertz CT molecular complexity index is 790. The van der Waals surface area contributed by atoms with Gasteiger partial charge >= 0.3 is 11.7 Å². The Morgan fingerprint density at radius 1 is 1.24 bits per heavy atom. The molecule has 1 heterocycles. The van der Waals surface area contributed by atoms with E-state index in [1.807, 2.05) is 18.2 Å². The zero-order valence-electron chi connectivity index (χ0n) is 14.0. The van der Waals surface area contributed by atoms with E-state index in [1.54, 1.807) is 6.07 Å². The molecule has 2 atom stereocenters. The molecule has 130 valence electrons. The number of carbonyl (C=O) groups excluding carboxylic acids is 2. The van der Waals surface area contributed by atoms with Crippen LogP contribution in [0.1, 0.15) is 47.4 Å². The molecule has 0 radical (unpaired) electrons. The van der Waals surface area contributed by atoms with Crippen LogP contribution in [0.2, 0.25) is 0 Å². The van der Waals surface area contributed by atoms with E-state index in [-0.39, 0.29) is 17.6 Å². The van der Waals surface area contributed by atoms with Gasteiger partial charge in [0.05, 0.1) is 6.04 Å². The zero-order chi connectivity index (χ0) is 17.8. The summed E-state index contributed by atoms with van der Waals surface area (Å²) in [6.07, 6.45) is 3.07. The highest BCUT2D eigenvalue weighted by atomic mass is 16.6. The molecule has 0 saturated heterocycles. The van der Waals surface area contributed by atoms with E-state index in [4.69, 9.17) is 4.74 Å². The molecule has 0 fully saturated rings. The van der Waals surface area contributed by atoms with Crippen LogP contribution < -0.4 is 10.0 Å². The largest absolute Gasteiger partial charge is 0.618 e. The maximum absolute atomic E-state index is 12.4. The van der Waals surface area contributed by atoms with Gasteiger partial charge in [-0.05, 0) is 43.4 Å². The van der Waals surface area contributed by atoms with E-state index < -0.39 is 12.1 Å². The van der Waals surface area contributed by atoms with E-state index in [0.29, 0.717) is 4.73 Å². The second kappa shape index (κ2) is 7.34. The van der Waals surface area contributed by atoms with E-state index in [2.05, 4.69) is 11.4 Å². The topological polar surface area (TPSA) is 82.3 Å². The first-order valence-electron chi connectivity index (χ1n) is 8.33. The number of pyridine rings is 1. The van der Waals surface area contributed by atoms with Gasteiger partial charge in [-0.1, -0.05) is 24.3 Å². The highest BCUT2D eigenvalue weighted by molar-refractivity contribution is 5.89. The van der Waals surface area contributed by atoms with Crippen molar-refractivity contribution < 1.29 is 19.1 Å². The molecular formula is C19H20N2O4. The average Bonchev–Trinajstić information content (AvgIpc) is 2.62. The van der Waals surface area contributed by atoms with Crippen molar-refractivity contribution in [3.05, 3.63) is 70.7 Å². The van der Waals surface area contributed by atoms with Gasteiger partial charge in [-0.15, -0.1) is 0 Å². The Morgan fingerprint density at radius 2 is 2.00 bits per heavy atom. The predicted octanol–water partition coefficient (Wildman–Crippen LogP) is 2.06. The van der Waals surface area contributed by atoms with Crippen LogP contribution >= 0.6 is 0 Å². The minimum absolute atomic E-state index is 0.0835. The highest BCUT2D eigenvalue weighted by Gasteiger charge is 2.27. The Hall–Kier alpha value is -2.89. The summed E-state index contributed by atoms with van der Waals surface area (Å²) in [6, 6.07) is 12.4. The van der Waals surface area contributed by atoms with Crippen molar-refractivity contribution in [2.75, 3.05) is 0 Å². The number of nitrogens with one attached hydrogen (secondary N) is 1. The number of benzene rings is 1. The van der Waals surface area contributed by atoms with Crippen molar-refractivity contribution >= 4 is 11.9 Å². The third-order valence-electron chi connectivity index (χ3n) is 4.37. The van der Waals surface area contributed by atoms with Crippen molar-refractivity contribution in [1.82, 2.24) is 5.32 Å².